The molecule has 3 heterocycles. The van der Waals surface area contributed by atoms with E-state index in [1.807, 2.05) is 17.4 Å². The zero-order chi connectivity index (χ0) is 20.8. The summed E-state index contributed by atoms with van der Waals surface area (Å²) in [5, 5.41) is 2.12. The van der Waals surface area contributed by atoms with Crippen molar-refractivity contribution in [1.29, 1.82) is 0 Å². The first-order chi connectivity index (χ1) is 14.7. The minimum atomic E-state index is 0.0752. The largest absolute Gasteiger partial charge is 0.489 e. The highest BCUT2D eigenvalue weighted by molar-refractivity contribution is 7.09. The van der Waals surface area contributed by atoms with Gasteiger partial charge in [-0.2, -0.15) is 0 Å². The zero-order valence-corrected chi connectivity index (χ0v) is 18.1. The van der Waals surface area contributed by atoms with Crippen molar-refractivity contribution in [3.8, 4) is 5.75 Å². The molecule has 0 radical (unpaired) electrons. The van der Waals surface area contributed by atoms with E-state index in [2.05, 4.69) is 56.2 Å². The molecule has 0 aliphatic carbocycles. The fourth-order valence-corrected chi connectivity index (χ4v) is 4.51. The first-order valence-corrected chi connectivity index (χ1v) is 11.3. The second kappa shape index (κ2) is 9.80. The average molecular weight is 425 g/mol. The molecule has 1 fully saturated rings. The number of benzene rings is 1. The van der Waals surface area contributed by atoms with Crippen LogP contribution in [0.5, 0.6) is 5.75 Å². The molecule has 6 nitrogen and oxygen atoms in total. The summed E-state index contributed by atoms with van der Waals surface area (Å²) in [4.78, 5) is 21.3. The van der Waals surface area contributed by atoms with Gasteiger partial charge in [0.1, 0.15) is 11.9 Å². The van der Waals surface area contributed by atoms with Gasteiger partial charge in [-0.3, -0.25) is 4.79 Å². The number of amides is 1. The maximum atomic E-state index is 11.5. The molecule has 4 rings (SSSR count). The average Bonchev–Trinajstić information content (AvgIpc) is 3.47. The summed E-state index contributed by atoms with van der Waals surface area (Å²) >= 11 is 1.79. The number of carbonyl (C=O) groups excluding carboxylic acids is 1. The van der Waals surface area contributed by atoms with Gasteiger partial charge in [0, 0.05) is 56.1 Å². The molecule has 2 aromatic heterocycles. The molecule has 0 bridgehead atoms. The quantitative estimate of drug-likeness (QED) is 0.553. The van der Waals surface area contributed by atoms with Crippen LogP contribution in [0.15, 0.2) is 60.5 Å². The van der Waals surface area contributed by atoms with Crippen molar-refractivity contribution in [3.05, 3.63) is 65.4 Å². The molecular weight excluding hydrogens is 396 g/mol. The van der Waals surface area contributed by atoms with Crippen LogP contribution < -0.4 is 9.64 Å². The van der Waals surface area contributed by atoms with Gasteiger partial charge >= 0.3 is 0 Å². The van der Waals surface area contributed by atoms with E-state index in [-0.39, 0.29) is 12.0 Å². The van der Waals surface area contributed by atoms with Gasteiger partial charge in [0.05, 0.1) is 12.9 Å². The summed E-state index contributed by atoms with van der Waals surface area (Å²) in [5.41, 5.74) is 1.18. The lowest BCUT2D eigenvalue weighted by atomic mass is 10.1. The summed E-state index contributed by atoms with van der Waals surface area (Å²) in [5.74, 6) is 1.04. The van der Waals surface area contributed by atoms with E-state index in [1.165, 1.54) is 10.6 Å². The monoisotopic (exact) mass is 424 g/mol. The highest BCUT2D eigenvalue weighted by Gasteiger charge is 2.19. The number of anilines is 1. The lowest BCUT2D eigenvalue weighted by Gasteiger charge is -2.35. The van der Waals surface area contributed by atoms with Crippen LogP contribution >= 0.6 is 11.3 Å². The number of hydrogen-bond donors (Lipinski definition) is 0. The lowest BCUT2D eigenvalue weighted by Crippen LogP contribution is -2.48. The van der Waals surface area contributed by atoms with Gasteiger partial charge in [-0.25, -0.2) is 4.98 Å². The number of aromatic nitrogens is 2. The Kier molecular flexibility index (Phi) is 6.69. The van der Waals surface area contributed by atoms with Gasteiger partial charge < -0.3 is 19.1 Å². The van der Waals surface area contributed by atoms with E-state index >= 15 is 0 Å². The van der Waals surface area contributed by atoms with Crippen LogP contribution in [0.2, 0.25) is 0 Å². The molecule has 7 heteroatoms. The maximum Gasteiger partial charge on any atom is 0.219 e. The van der Waals surface area contributed by atoms with E-state index in [0.717, 1.165) is 51.3 Å². The topological polar surface area (TPSA) is 50.6 Å². The Hall–Kier alpha value is -2.80. The first kappa shape index (κ1) is 20.5. The van der Waals surface area contributed by atoms with Crippen LogP contribution in [-0.4, -0.2) is 52.6 Å². The summed E-state index contributed by atoms with van der Waals surface area (Å²) in [7, 11) is 0. The van der Waals surface area contributed by atoms with Crippen LogP contribution in [0.25, 0.3) is 0 Å². The van der Waals surface area contributed by atoms with Crippen LogP contribution in [0.1, 0.15) is 18.2 Å². The Morgan fingerprint density at radius 2 is 1.97 bits per heavy atom. The number of imidazole rings is 1. The molecule has 1 saturated heterocycles. The van der Waals surface area contributed by atoms with Gasteiger partial charge in [0.2, 0.25) is 5.91 Å². The van der Waals surface area contributed by atoms with Crippen LogP contribution in [0, 0.1) is 0 Å². The molecule has 3 aromatic rings. The van der Waals surface area contributed by atoms with Crippen molar-refractivity contribution < 1.29 is 9.53 Å². The smallest absolute Gasteiger partial charge is 0.219 e. The first-order valence-electron chi connectivity index (χ1n) is 10.4. The third-order valence-corrected chi connectivity index (χ3v) is 6.43. The number of rotatable bonds is 8. The Balaban J connectivity index is 1.36. The third kappa shape index (κ3) is 5.42. The number of thiophene rings is 1. The molecule has 1 unspecified atom stereocenters. The molecule has 0 spiro atoms. The summed E-state index contributed by atoms with van der Waals surface area (Å²) in [6, 6.07) is 12.6. The fourth-order valence-electron chi connectivity index (χ4n) is 3.78. The molecule has 0 N–H and O–H groups in total. The lowest BCUT2D eigenvalue weighted by molar-refractivity contribution is -0.129. The van der Waals surface area contributed by atoms with Gasteiger partial charge in [-0.1, -0.05) is 6.07 Å². The summed E-state index contributed by atoms with van der Waals surface area (Å²) in [6.45, 7) is 5.71. The molecule has 1 aliphatic rings. The van der Waals surface area contributed by atoms with E-state index in [0.29, 0.717) is 0 Å². The van der Waals surface area contributed by atoms with Crippen LogP contribution in [0.3, 0.4) is 0 Å². The standard InChI is InChI=1S/C23H28N4O2S/c1-19(28)26-12-14-27(15-13-26)20-4-6-21(7-5-20)29-22(17-25-11-10-24-18-25)8-9-23-3-2-16-30-23/h2-7,10-11,16,18,22H,8-9,12-15,17H2,1H3. The summed E-state index contributed by atoms with van der Waals surface area (Å²) < 4.78 is 8.43. The number of nitrogens with zero attached hydrogens (tertiary/aromatic N) is 4. The Morgan fingerprint density at radius 3 is 2.60 bits per heavy atom. The number of carbonyl (C=O) groups is 1. The number of hydrogen-bond acceptors (Lipinski definition) is 5. The maximum absolute atomic E-state index is 11.5. The van der Waals surface area contributed by atoms with Gasteiger partial charge in [0.15, 0.2) is 0 Å². The molecular formula is C23H28N4O2S. The molecule has 30 heavy (non-hydrogen) atoms. The van der Waals surface area contributed by atoms with Crippen molar-refractivity contribution in [1.82, 2.24) is 14.5 Å². The Labute approximate surface area is 181 Å². The van der Waals surface area contributed by atoms with E-state index in [1.54, 1.807) is 24.5 Å². The van der Waals surface area contributed by atoms with Crippen molar-refractivity contribution in [2.24, 2.45) is 0 Å². The Morgan fingerprint density at radius 1 is 1.17 bits per heavy atom. The van der Waals surface area contributed by atoms with Crippen molar-refractivity contribution >= 4 is 22.9 Å². The van der Waals surface area contributed by atoms with Gasteiger partial charge in [-0.15, -0.1) is 11.3 Å². The van der Waals surface area contributed by atoms with Crippen LogP contribution in [-0.2, 0) is 17.8 Å². The Bertz CT molecular complexity index is 901. The molecule has 1 aliphatic heterocycles. The zero-order valence-electron chi connectivity index (χ0n) is 17.3. The minimum Gasteiger partial charge on any atom is -0.489 e. The van der Waals surface area contributed by atoms with Gasteiger partial charge in [0.25, 0.3) is 0 Å². The second-order valence-corrected chi connectivity index (χ2v) is 8.64. The fraction of sp³-hybridized carbons (Fsp3) is 0.391. The predicted octanol–water partition coefficient (Wildman–Crippen LogP) is 3.69. The van der Waals surface area contributed by atoms with Crippen molar-refractivity contribution in [3.63, 3.8) is 0 Å². The van der Waals surface area contributed by atoms with E-state index in [4.69, 9.17) is 4.74 Å². The molecule has 1 aromatic carbocycles. The summed E-state index contributed by atoms with van der Waals surface area (Å²) in [6.07, 6.45) is 7.66. The predicted molar refractivity (Wildman–Crippen MR) is 120 cm³/mol. The number of ether oxygens (including phenoxy) is 1. The number of piperazine rings is 1. The third-order valence-electron chi connectivity index (χ3n) is 5.50. The van der Waals surface area contributed by atoms with E-state index in [9.17, 15) is 4.79 Å². The minimum absolute atomic E-state index is 0.0752. The van der Waals surface area contributed by atoms with Gasteiger partial charge in [-0.05, 0) is 48.6 Å². The molecule has 1 atom stereocenters. The van der Waals surface area contributed by atoms with E-state index < -0.39 is 0 Å². The second-order valence-electron chi connectivity index (χ2n) is 7.60. The SMILES string of the molecule is CC(=O)N1CCN(c2ccc(OC(CCc3cccs3)Cn3ccnc3)cc2)CC1. The number of aryl methyl sites for hydroxylation is 1. The van der Waals surface area contributed by atoms with Crippen LogP contribution in [0.4, 0.5) is 5.69 Å². The molecule has 0 saturated carbocycles. The molecule has 1 amide bonds. The highest BCUT2D eigenvalue weighted by Crippen LogP contribution is 2.23. The van der Waals surface area contributed by atoms with Crippen molar-refractivity contribution in [2.75, 3.05) is 31.1 Å². The highest BCUT2D eigenvalue weighted by atomic mass is 32.1. The normalized spacial score (nSPS) is 15.2. The van der Waals surface area contributed by atoms with Crippen molar-refractivity contribution in [2.45, 2.75) is 32.4 Å². The molecule has 158 valence electrons.